The minimum Gasteiger partial charge on any atom is -0.375 e. The van der Waals surface area contributed by atoms with Crippen LogP contribution < -0.4 is 0 Å². The minimum absolute atomic E-state index is 0.0399. The van der Waals surface area contributed by atoms with E-state index in [0.29, 0.717) is 19.7 Å². The zero-order valence-corrected chi connectivity index (χ0v) is 10.9. The van der Waals surface area contributed by atoms with Crippen molar-refractivity contribution in [3.05, 3.63) is 34.6 Å². The molecule has 0 bridgehead atoms. The standard InChI is InChI=1S/C13H15ClFNO2/c1-2-10-8-16(5-6-18-10)13(17)11-4-3-9(14)7-12(11)15/h3-4,7,10H,2,5-6,8H2,1H3. The molecule has 5 heteroatoms. The number of rotatable bonds is 2. The van der Waals surface area contributed by atoms with Gasteiger partial charge in [-0.25, -0.2) is 4.39 Å². The number of carbonyl (C=O) groups is 1. The highest BCUT2D eigenvalue weighted by Crippen LogP contribution is 2.18. The first-order chi connectivity index (χ1) is 8.61. The van der Waals surface area contributed by atoms with Crippen LogP contribution in [0.25, 0.3) is 0 Å². The average Bonchev–Trinajstić information content (AvgIpc) is 2.38. The van der Waals surface area contributed by atoms with E-state index in [2.05, 4.69) is 0 Å². The van der Waals surface area contributed by atoms with E-state index >= 15 is 0 Å². The number of halogens is 2. The van der Waals surface area contributed by atoms with Crippen LogP contribution in [-0.4, -0.2) is 36.6 Å². The predicted octanol–water partition coefficient (Wildman–Crippen LogP) is 2.73. The molecule has 2 rings (SSSR count). The van der Waals surface area contributed by atoms with Gasteiger partial charge in [0.15, 0.2) is 0 Å². The van der Waals surface area contributed by atoms with Gasteiger partial charge in [0.25, 0.3) is 5.91 Å². The summed E-state index contributed by atoms with van der Waals surface area (Å²) in [6.07, 6.45) is 0.880. The Hall–Kier alpha value is -1.13. The molecular formula is C13H15ClFNO2. The van der Waals surface area contributed by atoms with Crippen LogP contribution in [0.3, 0.4) is 0 Å². The van der Waals surface area contributed by atoms with Gasteiger partial charge in [-0.05, 0) is 24.6 Å². The zero-order valence-electron chi connectivity index (χ0n) is 10.2. The molecule has 1 heterocycles. The molecule has 1 amide bonds. The largest absolute Gasteiger partial charge is 0.375 e. The first-order valence-corrected chi connectivity index (χ1v) is 6.35. The van der Waals surface area contributed by atoms with E-state index in [0.717, 1.165) is 12.5 Å². The Morgan fingerprint density at radius 3 is 3.06 bits per heavy atom. The van der Waals surface area contributed by atoms with E-state index in [1.807, 2.05) is 6.92 Å². The second kappa shape index (κ2) is 5.67. The lowest BCUT2D eigenvalue weighted by molar-refractivity contribution is -0.0227. The van der Waals surface area contributed by atoms with Crippen LogP contribution in [0.5, 0.6) is 0 Å². The highest BCUT2D eigenvalue weighted by Gasteiger charge is 2.25. The predicted molar refractivity (Wildman–Crippen MR) is 67.3 cm³/mol. The third-order valence-corrected chi connectivity index (χ3v) is 3.28. The van der Waals surface area contributed by atoms with Crippen LogP contribution in [0, 0.1) is 5.82 Å². The fourth-order valence-electron chi connectivity index (χ4n) is 1.98. The maximum Gasteiger partial charge on any atom is 0.256 e. The topological polar surface area (TPSA) is 29.5 Å². The number of hydrogen-bond acceptors (Lipinski definition) is 2. The summed E-state index contributed by atoms with van der Waals surface area (Å²) in [6.45, 7) is 3.51. The van der Waals surface area contributed by atoms with Crippen LogP contribution in [0.4, 0.5) is 4.39 Å². The fraction of sp³-hybridized carbons (Fsp3) is 0.462. The number of nitrogens with zero attached hydrogens (tertiary/aromatic N) is 1. The van der Waals surface area contributed by atoms with Gasteiger partial charge in [0.1, 0.15) is 5.82 Å². The van der Waals surface area contributed by atoms with Gasteiger partial charge in [-0.1, -0.05) is 18.5 Å². The molecule has 0 aliphatic carbocycles. The zero-order chi connectivity index (χ0) is 13.1. The molecule has 0 radical (unpaired) electrons. The molecular weight excluding hydrogens is 257 g/mol. The first-order valence-electron chi connectivity index (χ1n) is 5.97. The van der Waals surface area contributed by atoms with Gasteiger partial charge in [0.2, 0.25) is 0 Å². The lowest BCUT2D eigenvalue weighted by Crippen LogP contribution is -2.45. The Bertz CT molecular complexity index is 453. The second-order valence-electron chi connectivity index (χ2n) is 4.28. The van der Waals surface area contributed by atoms with Crippen LogP contribution in [-0.2, 0) is 4.74 Å². The van der Waals surface area contributed by atoms with E-state index in [4.69, 9.17) is 16.3 Å². The molecule has 98 valence electrons. The van der Waals surface area contributed by atoms with Gasteiger partial charge in [-0.3, -0.25) is 4.79 Å². The van der Waals surface area contributed by atoms with Gasteiger partial charge in [-0.15, -0.1) is 0 Å². The van der Waals surface area contributed by atoms with Crippen molar-refractivity contribution in [1.82, 2.24) is 4.90 Å². The number of ether oxygens (including phenoxy) is 1. The van der Waals surface area contributed by atoms with Crippen LogP contribution in [0.15, 0.2) is 18.2 Å². The molecule has 0 saturated carbocycles. The molecule has 0 N–H and O–H groups in total. The third-order valence-electron chi connectivity index (χ3n) is 3.04. The summed E-state index contributed by atoms with van der Waals surface area (Å²) in [5.74, 6) is -0.877. The summed E-state index contributed by atoms with van der Waals surface area (Å²) < 4.78 is 19.2. The molecule has 1 aliphatic rings. The summed E-state index contributed by atoms with van der Waals surface area (Å²) in [6, 6.07) is 4.11. The molecule has 0 spiro atoms. The minimum atomic E-state index is -0.577. The molecule has 1 unspecified atom stereocenters. The van der Waals surface area contributed by atoms with Gasteiger partial charge >= 0.3 is 0 Å². The van der Waals surface area contributed by atoms with E-state index in [-0.39, 0.29) is 22.6 Å². The van der Waals surface area contributed by atoms with Crippen LogP contribution >= 0.6 is 11.6 Å². The highest BCUT2D eigenvalue weighted by atomic mass is 35.5. The SMILES string of the molecule is CCC1CN(C(=O)c2ccc(Cl)cc2F)CCO1. The van der Waals surface area contributed by atoms with Crippen molar-refractivity contribution in [2.45, 2.75) is 19.4 Å². The van der Waals surface area contributed by atoms with Crippen molar-refractivity contribution in [2.24, 2.45) is 0 Å². The number of morpholine rings is 1. The smallest absolute Gasteiger partial charge is 0.256 e. The Morgan fingerprint density at radius 2 is 2.39 bits per heavy atom. The molecule has 1 fully saturated rings. The molecule has 1 aromatic rings. The average molecular weight is 272 g/mol. The number of amides is 1. The summed E-state index contributed by atoms with van der Waals surface area (Å²) in [4.78, 5) is 13.8. The molecule has 1 aliphatic heterocycles. The molecule has 1 saturated heterocycles. The maximum atomic E-state index is 13.7. The summed E-state index contributed by atoms with van der Waals surface area (Å²) >= 11 is 5.67. The molecule has 18 heavy (non-hydrogen) atoms. The monoisotopic (exact) mass is 271 g/mol. The Labute approximate surface area is 110 Å². The van der Waals surface area contributed by atoms with E-state index in [1.54, 1.807) is 4.90 Å². The normalized spacial score (nSPS) is 19.9. The number of benzene rings is 1. The number of carbonyl (C=O) groups excluding carboxylic acids is 1. The fourth-order valence-corrected chi connectivity index (χ4v) is 2.14. The quantitative estimate of drug-likeness (QED) is 0.828. The lowest BCUT2D eigenvalue weighted by Gasteiger charge is -2.32. The Kier molecular flexibility index (Phi) is 4.19. The maximum absolute atomic E-state index is 13.7. The summed E-state index contributed by atoms with van der Waals surface area (Å²) in [5, 5.41) is 0.289. The molecule has 3 nitrogen and oxygen atoms in total. The van der Waals surface area contributed by atoms with E-state index in [1.165, 1.54) is 12.1 Å². The van der Waals surface area contributed by atoms with Crippen molar-refractivity contribution in [3.63, 3.8) is 0 Å². The Balaban J connectivity index is 2.15. The lowest BCUT2D eigenvalue weighted by atomic mass is 10.1. The first kappa shape index (κ1) is 13.3. The molecule has 0 aromatic heterocycles. The van der Waals surface area contributed by atoms with Gasteiger partial charge < -0.3 is 9.64 Å². The van der Waals surface area contributed by atoms with Gasteiger partial charge in [0, 0.05) is 18.1 Å². The van der Waals surface area contributed by atoms with E-state index < -0.39 is 5.82 Å². The van der Waals surface area contributed by atoms with E-state index in [9.17, 15) is 9.18 Å². The van der Waals surface area contributed by atoms with Gasteiger partial charge in [0.05, 0.1) is 18.3 Å². The molecule has 1 atom stereocenters. The highest BCUT2D eigenvalue weighted by molar-refractivity contribution is 6.30. The van der Waals surface area contributed by atoms with Crippen molar-refractivity contribution in [3.8, 4) is 0 Å². The van der Waals surface area contributed by atoms with Crippen molar-refractivity contribution in [2.75, 3.05) is 19.7 Å². The third kappa shape index (κ3) is 2.82. The summed E-state index contributed by atoms with van der Waals surface area (Å²) in [7, 11) is 0. The van der Waals surface area contributed by atoms with Crippen LogP contribution in [0.1, 0.15) is 23.7 Å². The second-order valence-corrected chi connectivity index (χ2v) is 4.71. The molecule has 1 aromatic carbocycles. The van der Waals surface area contributed by atoms with Crippen molar-refractivity contribution < 1.29 is 13.9 Å². The van der Waals surface area contributed by atoms with Crippen LogP contribution in [0.2, 0.25) is 5.02 Å². The Morgan fingerprint density at radius 1 is 1.61 bits per heavy atom. The number of hydrogen-bond donors (Lipinski definition) is 0. The summed E-state index contributed by atoms with van der Waals surface area (Å²) in [5.41, 5.74) is 0.0659. The van der Waals surface area contributed by atoms with Crippen molar-refractivity contribution >= 4 is 17.5 Å². The van der Waals surface area contributed by atoms with Crippen molar-refractivity contribution in [1.29, 1.82) is 0 Å². The van der Waals surface area contributed by atoms with Gasteiger partial charge in [-0.2, -0.15) is 0 Å².